The molecule has 2 aromatic heterocycles. The Morgan fingerprint density at radius 1 is 1.39 bits per heavy atom. The van der Waals surface area contributed by atoms with Gasteiger partial charge < -0.3 is 14.6 Å². The molecule has 3 aromatic rings. The average Bonchev–Trinajstić information content (AvgIpc) is 3.20. The van der Waals surface area contributed by atoms with Crippen LogP contribution in [0, 0.1) is 0 Å². The first-order valence-corrected chi connectivity index (χ1v) is 7.70. The number of fused-ring (bicyclic) bond motifs is 1. The van der Waals surface area contributed by atoms with Gasteiger partial charge >= 0.3 is 0 Å². The fourth-order valence-electron chi connectivity index (χ4n) is 3.16. The SMILES string of the molecule is Cn1cc(C2CNCCN2C(=O)c2coc3ccccc23)cn1. The van der Waals surface area contributed by atoms with Gasteiger partial charge in [0.05, 0.1) is 17.8 Å². The highest BCUT2D eigenvalue weighted by Crippen LogP contribution is 2.27. The molecule has 1 atom stereocenters. The highest BCUT2D eigenvalue weighted by Gasteiger charge is 2.30. The molecule has 0 aliphatic carbocycles. The van der Waals surface area contributed by atoms with Gasteiger partial charge in [0.2, 0.25) is 0 Å². The Bertz CT molecular complexity index is 851. The lowest BCUT2D eigenvalue weighted by molar-refractivity contribution is 0.0635. The van der Waals surface area contributed by atoms with Gasteiger partial charge in [-0.2, -0.15) is 5.10 Å². The maximum Gasteiger partial charge on any atom is 0.258 e. The number of rotatable bonds is 2. The standard InChI is InChI=1S/C17H18N4O2/c1-20-10-12(8-19-20)15-9-18-6-7-21(15)17(22)14-11-23-16-5-3-2-4-13(14)16/h2-5,8,10-11,15,18H,6-7,9H2,1H3. The summed E-state index contributed by atoms with van der Waals surface area (Å²) < 4.78 is 7.29. The lowest BCUT2D eigenvalue weighted by Crippen LogP contribution is -2.48. The van der Waals surface area contributed by atoms with Crippen LogP contribution in [0.5, 0.6) is 0 Å². The highest BCUT2D eigenvalue weighted by molar-refractivity contribution is 6.06. The maximum atomic E-state index is 13.1. The summed E-state index contributed by atoms with van der Waals surface area (Å²) in [5, 5.41) is 8.45. The topological polar surface area (TPSA) is 63.3 Å². The van der Waals surface area contributed by atoms with E-state index in [0.717, 1.165) is 29.6 Å². The molecule has 23 heavy (non-hydrogen) atoms. The van der Waals surface area contributed by atoms with Crippen LogP contribution in [0.2, 0.25) is 0 Å². The molecule has 1 fully saturated rings. The van der Waals surface area contributed by atoms with Crippen LogP contribution >= 0.6 is 0 Å². The number of aryl methyl sites for hydroxylation is 1. The molecule has 6 nitrogen and oxygen atoms in total. The molecule has 1 unspecified atom stereocenters. The van der Waals surface area contributed by atoms with E-state index >= 15 is 0 Å². The molecule has 0 saturated carbocycles. The van der Waals surface area contributed by atoms with Gasteiger partial charge in [0.25, 0.3) is 5.91 Å². The Hall–Kier alpha value is -2.60. The number of para-hydroxylation sites is 1. The number of nitrogens with one attached hydrogen (secondary N) is 1. The summed E-state index contributed by atoms with van der Waals surface area (Å²) in [5.74, 6) is 0.00491. The van der Waals surface area contributed by atoms with Crippen molar-refractivity contribution < 1.29 is 9.21 Å². The van der Waals surface area contributed by atoms with Gasteiger partial charge in [-0.05, 0) is 6.07 Å². The molecule has 0 radical (unpaired) electrons. The number of carbonyl (C=O) groups excluding carboxylic acids is 1. The second-order valence-electron chi connectivity index (χ2n) is 5.81. The van der Waals surface area contributed by atoms with E-state index in [0.29, 0.717) is 12.1 Å². The van der Waals surface area contributed by atoms with Crippen molar-refractivity contribution in [3.05, 3.63) is 54.0 Å². The van der Waals surface area contributed by atoms with Gasteiger partial charge in [-0.3, -0.25) is 9.48 Å². The van der Waals surface area contributed by atoms with Crippen molar-refractivity contribution in [3.8, 4) is 0 Å². The Labute approximate surface area is 133 Å². The number of benzene rings is 1. The lowest BCUT2D eigenvalue weighted by Gasteiger charge is -2.35. The van der Waals surface area contributed by atoms with Crippen molar-refractivity contribution in [2.24, 2.45) is 7.05 Å². The summed E-state index contributed by atoms with van der Waals surface area (Å²) >= 11 is 0. The first-order chi connectivity index (χ1) is 11.2. The molecule has 3 heterocycles. The van der Waals surface area contributed by atoms with Crippen molar-refractivity contribution in [3.63, 3.8) is 0 Å². The molecule has 118 valence electrons. The van der Waals surface area contributed by atoms with Crippen molar-refractivity contribution >= 4 is 16.9 Å². The molecule has 6 heteroatoms. The smallest absolute Gasteiger partial charge is 0.258 e. The van der Waals surface area contributed by atoms with E-state index in [1.807, 2.05) is 48.6 Å². The van der Waals surface area contributed by atoms with Crippen LogP contribution in [0.3, 0.4) is 0 Å². The number of aromatic nitrogens is 2. The minimum Gasteiger partial charge on any atom is -0.463 e. The van der Waals surface area contributed by atoms with Crippen LogP contribution in [-0.2, 0) is 7.05 Å². The van der Waals surface area contributed by atoms with E-state index in [1.165, 1.54) is 0 Å². The van der Waals surface area contributed by atoms with Crippen LogP contribution in [0.25, 0.3) is 11.0 Å². The normalized spacial score (nSPS) is 18.5. The van der Waals surface area contributed by atoms with Crippen molar-refractivity contribution in [2.75, 3.05) is 19.6 Å². The number of nitrogens with zero attached hydrogens (tertiary/aromatic N) is 3. The van der Waals surface area contributed by atoms with Gasteiger partial charge in [0.15, 0.2) is 0 Å². The zero-order valence-corrected chi connectivity index (χ0v) is 12.9. The van der Waals surface area contributed by atoms with E-state index in [9.17, 15) is 4.79 Å². The van der Waals surface area contributed by atoms with E-state index < -0.39 is 0 Å². The molecular formula is C17H18N4O2. The molecule has 1 aliphatic rings. The van der Waals surface area contributed by atoms with E-state index in [4.69, 9.17) is 4.42 Å². The van der Waals surface area contributed by atoms with Crippen LogP contribution in [-0.4, -0.2) is 40.2 Å². The van der Waals surface area contributed by atoms with Crippen LogP contribution in [0.1, 0.15) is 22.0 Å². The number of carbonyl (C=O) groups is 1. The number of piperazine rings is 1. The Kier molecular flexibility index (Phi) is 3.38. The summed E-state index contributed by atoms with van der Waals surface area (Å²) in [6.07, 6.45) is 5.35. The quantitative estimate of drug-likeness (QED) is 0.786. The fourth-order valence-corrected chi connectivity index (χ4v) is 3.16. The molecule has 0 spiro atoms. The van der Waals surface area contributed by atoms with Gasteiger partial charge in [0.1, 0.15) is 11.8 Å². The molecule has 1 aliphatic heterocycles. The van der Waals surface area contributed by atoms with E-state index in [-0.39, 0.29) is 11.9 Å². The van der Waals surface area contributed by atoms with Gasteiger partial charge in [-0.15, -0.1) is 0 Å². The molecule has 1 aromatic carbocycles. The average molecular weight is 310 g/mol. The Morgan fingerprint density at radius 3 is 3.09 bits per heavy atom. The summed E-state index contributed by atoms with van der Waals surface area (Å²) in [6.45, 7) is 2.18. The Balaban J connectivity index is 1.70. The van der Waals surface area contributed by atoms with Crippen molar-refractivity contribution in [1.82, 2.24) is 20.0 Å². The molecular weight excluding hydrogens is 292 g/mol. The van der Waals surface area contributed by atoms with Crippen LogP contribution < -0.4 is 5.32 Å². The second kappa shape index (κ2) is 5.55. The van der Waals surface area contributed by atoms with E-state index in [2.05, 4.69) is 10.4 Å². The predicted octanol–water partition coefficient (Wildman–Crippen LogP) is 1.95. The monoisotopic (exact) mass is 310 g/mol. The summed E-state index contributed by atoms with van der Waals surface area (Å²) in [7, 11) is 1.88. The third kappa shape index (κ3) is 2.41. The number of hydrogen-bond acceptors (Lipinski definition) is 4. The minimum absolute atomic E-state index is 0.00491. The van der Waals surface area contributed by atoms with Gasteiger partial charge in [-0.1, -0.05) is 18.2 Å². The third-order valence-electron chi connectivity index (χ3n) is 4.33. The first-order valence-electron chi connectivity index (χ1n) is 7.70. The van der Waals surface area contributed by atoms with Crippen LogP contribution in [0.4, 0.5) is 0 Å². The number of amides is 1. The first kappa shape index (κ1) is 14.0. The minimum atomic E-state index is -0.0152. The van der Waals surface area contributed by atoms with Crippen molar-refractivity contribution in [2.45, 2.75) is 6.04 Å². The van der Waals surface area contributed by atoms with Gasteiger partial charge in [0, 0.05) is 43.8 Å². The maximum absolute atomic E-state index is 13.1. The molecule has 1 N–H and O–H groups in total. The number of furan rings is 1. The summed E-state index contributed by atoms with van der Waals surface area (Å²) in [4.78, 5) is 15.0. The summed E-state index contributed by atoms with van der Waals surface area (Å²) in [5.41, 5.74) is 2.40. The van der Waals surface area contributed by atoms with Crippen molar-refractivity contribution in [1.29, 1.82) is 0 Å². The largest absolute Gasteiger partial charge is 0.463 e. The van der Waals surface area contributed by atoms with Gasteiger partial charge in [-0.25, -0.2) is 0 Å². The fraction of sp³-hybridized carbons (Fsp3) is 0.294. The predicted molar refractivity (Wildman–Crippen MR) is 86.1 cm³/mol. The highest BCUT2D eigenvalue weighted by atomic mass is 16.3. The molecule has 1 amide bonds. The van der Waals surface area contributed by atoms with E-state index in [1.54, 1.807) is 10.9 Å². The Morgan fingerprint density at radius 2 is 2.26 bits per heavy atom. The zero-order chi connectivity index (χ0) is 15.8. The summed E-state index contributed by atoms with van der Waals surface area (Å²) in [6, 6.07) is 7.61. The number of hydrogen-bond donors (Lipinski definition) is 1. The van der Waals surface area contributed by atoms with Crippen LogP contribution in [0.15, 0.2) is 47.3 Å². The molecule has 1 saturated heterocycles. The molecule has 4 rings (SSSR count). The zero-order valence-electron chi connectivity index (χ0n) is 12.9. The third-order valence-corrected chi connectivity index (χ3v) is 4.33. The second-order valence-corrected chi connectivity index (χ2v) is 5.81. The lowest BCUT2D eigenvalue weighted by atomic mass is 10.0. The molecule has 0 bridgehead atoms.